The summed E-state index contributed by atoms with van der Waals surface area (Å²) in [7, 11) is -2.08. The average molecular weight is 495 g/mol. The second kappa shape index (κ2) is 9.42. The van der Waals surface area contributed by atoms with Crippen molar-refractivity contribution in [2.24, 2.45) is 0 Å². The van der Waals surface area contributed by atoms with E-state index in [9.17, 15) is 0 Å². The lowest BCUT2D eigenvalue weighted by Crippen LogP contribution is -2.49. The molecule has 0 heterocycles. The Labute approximate surface area is 226 Å². The summed E-state index contributed by atoms with van der Waals surface area (Å²) in [6.45, 7) is 14.4. The fraction of sp³-hybridized carbons (Fsp3) is 0.167. The molecule has 0 N–H and O–H groups in total. The van der Waals surface area contributed by atoms with Crippen molar-refractivity contribution >= 4 is 19.2 Å². The molecule has 2 aromatic carbocycles. The van der Waals surface area contributed by atoms with Crippen LogP contribution in [0.1, 0.15) is 38.8 Å². The molecule has 0 aliphatic heterocycles. The molecule has 0 amide bonds. The highest BCUT2D eigenvalue weighted by Gasteiger charge is 2.61. The van der Waals surface area contributed by atoms with E-state index in [2.05, 4.69) is 139 Å². The van der Waals surface area contributed by atoms with Crippen LogP contribution < -0.4 is 0 Å². The molecule has 4 aliphatic carbocycles. The summed E-state index contributed by atoms with van der Waals surface area (Å²) < 4.78 is 0. The molecule has 10 radical (unpaired) electrons. The zero-order chi connectivity index (χ0) is 25.9. The van der Waals surface area contributed by atoms with Gasteiger partial charge in [-0.3, -0.25) is 0 Å². The number of benzene rings is 2. The van der Waals surface area contributed by atoms with Crippen molar-refractivity contribution in [3.05, 3.63) is 167 Å². The standard InChI is InChI=1S/C36H34Si/c1-23-17-19-29(27-13-9-7-10-14-27)31-21-25(3)35(33(23)31)37(5,6)36-26(4)22-32-30(20-18-24(2)34(32)36)28-15-11-8-12-16-28/h7-22H,1-6H3. The van der Waals surface area contributed by atoms with E-state index in [4.69, 9.17) is 0 Å². The number of hydrogen-bond donors (Lipinski definition) is 0. The van der Waals surface area contributed by atoms with Gasteiger partial charge in [-0.15, -0.1) is 0 Å². The number of allylic oxidation sites excluding steroid dienone is 8. The molecule has 2 aromatic rings. The van der Waals surface area contributed by atoms with Crippen LogP contribution in [0, 0.1) is 59.4 Å². The highest BCUT2D eigenvalue weighted by Crippen LogP contribution is 2.66. The smallest absolute Gasteiger partial charge is 0.0642 e. The van der Waals surface area contributed by atoms with Gasteiger partial charge in [0.25, 0.3) is 0 Å². The van der Waals surface area contributed by atoms with E-state index < -0.39 is 8.07 Å². The molecule has 37 heavy (non-hydrogen) atoms. The molecular weight excluding hydrogens is 460 g/mol. The minimum atomic E-state index is -2.08. The Bertz CT molecular complexity index is 1170. The third-order valence-electron chi connectivity index (χ3n) is 8.34. The summed E-state index contributed by atoms with van der Waals surface area (Å²) in [5.74, 6) is 8.61. The first-order valence-corrected chi connectivity index (χ1v) is 16.3. The Morgan fingerprint density at radius 2 is 0.865 bits per heavy atom. The Morgan fingerprint density at radius 1 is 0.486 bits per heavy atom. The number of rotatable bonds is 4. The molecule has 0 unspecified atom stereocenters. The first-order chi connectivity index (χ1) is 17.8. The molecule has 0 saturated heterocycles. The third-order valence-corrected chi connectivity index (χ3v) is 12.1. The molecule has 0 aromatic heterocycles. The predicted octanol–water partition coefficient (Wildman–Crippen LogP) is 8.93. The van der Waals surface area contributed by atoms with Crippen LogP contribution in [0.25, 0.3) is 11.1 Å². The fourth-order valence-electron chi connectivity index (χ4n) is 6.87. The first-order valence-electron chi connectivity index (χ1n) is 13.3. The monoisotopic (exact) mass is 494 g/mol. The lowest BCUT2D eigenvalue weighted by Gasteiger charge is -2.46. The topological polar surface area (TPSA) is 0 Å². The van der Waals surface area contributed by atoms with E-state index >= 15 is 0 Å². The zero-order valence-electron chi connectivity index (χ0n) is 22.7. The van der Waals surface area contributed by atoms with Gasteiger partial charge in [-0.05, 0) is 71.9 Å². The van der Waals surface area contributed by atoms with Crippen LogP contribution in [-0.4, -0.2) is 8.07 Å². The Hall–Kier alpha value is -2.38. The van der Waals surface area contributed by atoms with E-state index in [0.717, 1.165) is 0 Å². The largest absolute Gasteiger partial charge is 0.0684 e. The first kappa shape index (κ1) is 24.9. The van der Waals surface area contributed by atoms with Gasteiger partial charge < -0.3 is 0 Å². The van der Waals surface area contributed by atoms with Gasteiger partial charge in [0, 0.05) is 23.7 Å². The van der Waals surface area contributed by atoms with Gasteiger partial charge in [-0.1, -0.05) is 123 Å². The summed E-state index contributed by atoms with van der Waals surface area (Å²) >= 11 is 0. The van der Waals surface area contributed by atoms with Crippen LogP contribution in [0.15, 0.2) is 96.1 Å². The summed E-state index contributed by atoms with van der Waals surface area (Å²) in [4.78, 5) is 0. The van der Waals surface area contributed by atoms with Crippen molar-refractivity contribution in [2.45, 2.75) is 40.8 Å². The van der Waals surface area contributed by atoms with Gasteiger partial charge in [-0.2, -0.15) is 0 Å². The van der Waals surface area contributed by atoms with Crippen molar-refractivity contribution in [3.8, 4) is 0 Å². The van der Waals surface area contributed by atoms with Crippen molar-refractivity contribution in [1.82, 2.24) is 0 Å². The Morgan fingerprint density at radius 3 is 1.24 bits per heavy atom. The minimum absolute atomic E-state index is 1.29. The average Bonchev–Trinajstić information content (AvgIpc) is 3.44. The summed E-state index contributed by atoms with van der Waals surface area (Å²) in [6, 6.07) is 21.7. The van der Waals surface area contributed by atoms with Crippen LogP contribution in [0.4, 0.5) is 0 Å². The SMILES string of the molecule is C[C]1[CH][C]2[C]([C]1[Si](C)(C)[C]1[C](C)[CH][C]3[C]1C(C)=CC=C3c1ccccc1)C(C)=CC=C2c1ccccc1. The zero-order valence-corrected chi connectivity index (χ0v) is 23.7. The molecule has 2 fully saturated rings. The molecule has 6 rings (SSSR count). The van der Waals surface area contributed by atoms with Crippen LogP contribution in [0.3, 0.4) is 0 Å². The van der Waals surface area contributed by atoms with E-state index in [-0.39, 0.29) is 0 Å². The highest BCUT2D eigenvalue weighted by molar-refractivity contribution is 6.90. The van der Waals surface area contributed by atoms with Gasteiger partial charge in [0.05, 0.1) is 8.07 Å². The van der Waals surface area contributed by atoms with Crippen LogP contribution >= 0.6 is 0 Å². The van der Waals surface area contributed by atoms with Crippen molar-refractivity contribution in [3.63, 3.8) is 0 Å². The normalized spacial score (nSPS) is 23.5. The van der Waals surface area contributed by atoms with Crippen molar-refractivity contribution in [2.75, 3.05) is 0 Å². The van der Waals surface area contributed by atoms with Crippen molar-refractivity contribution < 1.29 is 0 Å². The maximum Gasteiger partial charge on any atom is 0.0642 e. The summed E-state index contributed by atoms with van der Waals surface area (Å²) in [5.41, 5.74) is 11.2. The number of fused-ring (bicyclic) bond motifs is 2. The Kier molecular flexibility index (Phi) is 6.35. The van der Waals surface area contributed by atoms with Crippen LogP contribution in [0.2, 0.25) is 13.1 Å². The van der Waals surface area contributed by atoms with E-state index in [1.54, 1.807) is 11.1 Å². The van der Waals surface area contributed by atoms with Crippen LogP contribution in [-0.2, 0) is 0 Å². The van der Waals surface area contributed by atoms with Gasteiger partial charge in [0.2, 0.25) is 0 Å². The molecule has 0 bridgehead atoms. The van der Waals surface area contributed by atoms with E-state index in [1.807, 2.05) is 0 Å². The predicted molar refractivity (Wildman–Crippen MR) is 160 cm³/mol. The van der Waals surface area contributed by atoms with Crippen LogP contribution in [0.5, 0.6) is 0 Å². The van der Waals surface area contributed by atoms with Gasteiger partial charge >= 0.3 is 0 Å². The van der Waals surface area contributed by atoms with Gasteiger partial charge in [-0.25, -0.2) is 0 Å². The molecule has 2 saturated carbocycles. The molecule has 1 heteroatoms. The molecule has 182 valence electrons. The lowest BCUT2D eigenvalue weighted by atomic mass is 9.77. The maximum absolute atomic E-state index is 2.57. The molecule has 0 nitrogen and oxygen atoms in total. The highest BCUT2D eigenvalue weighted by atomic mass is 28.3. The minimum Gasteiger partial charge on any atom is -0.0684 e. The molecule has 4 aliphatic rings. The van der Waals surface area contributed by atoms with Crippen molar-refractivity contribution in [1.29, 1.82) is 0 Å². The third kappa shape index (κ3) is 4.00. The summed E-state index contributed by atoms with van der Waals surface area (Å²) in [6.07, 6.45) is 14.2. The maximum atomic E-state index is 2.57. The molecule has 0 atom stereocenters. The summed E-state index contributed by atoms with van der Waals surface area (Å²) in [5, 5.41) is 0. The number of hydrogen-bond acceptors (Lipinski definition) is 0. The second-order valence-corrected chi connectivity index (χ2v) is 15.4. The fourth-order valence-corrected chi connectivity index (χ4v) is 11.1. The Balaban J connectivity index is 1.36. The molecule has 0 spiro atoms. The van der Waals surface area contributed by atoms with E-state index in [0.29, 0.717) is 0 Å². The van der Waals surface area contributed by atoms with E-state index in [1.165, 1.54) is 68.9 Å². The van der Waals surface area contributed by atoms with Gasteiger partial charge in [0.1, 0.15) is 0 Å². The quantitative estimate of drug-likeness (QED) is 0.372. The van der Waals surface area contributed by atoms with Gasteiger partial charge in [0.15, 0.2) is 0 Å². The second-order valence-electron chi connectivity index (χ2n) is 11.2. The molecular formula is C36H34Si. The lowest BCUT2D eigenvalue weighted by molar-refractivity contribution is 1.02.